The highest BCUT2D eigenvalue weighted by Gasteiger charge is 2.23. The van der Waals surface area contributed by atoms with Crippen LogP contribution in [0.15, 0.2) is 60.8 Å². The molecule has 0 aliphatic carbocycles. The number of aliphatic hydroxyl groups is 1. The predicted octanol–water partition coefficient (Wildman–Crippen LogP) is 3.66. The monoisotopic (exact) mass is 347 g/mol. The Bertz CT molecular complexity index is 855. The molecule has 3 aromatic rings. The predicted molar refractivity (Wildman–Crippen MR) is 104 cm³/mol. The van der Waals surface area contributed by atoms with E-state index in [2.05, 4.69) is 54.4 Å². The SMILES string of the molecule is Cc1ccc(-c2nn(-c3ccccc3)cc2CN2CCC(CO)C2)cc1. The molecule has 0 bridgehead atoms. The highest BCUT2D eigenvalue weighted by molar-refractivity contribution is 5.63. The van der Waals surface area contributed by atoms with Crippen LogP contribution >= 0.6 is 0 Å². The van der Waals surface area contributed by atoms with Gasteiger partial charge >= 0.3 is 0 Å². The van der Waals surface area contributed by atoms with Crippen LogP contribution in [0.25, 0.3) is 16.9 Å². The fourth-order valence-corrected chi connectivity index (χ4v) is 3.64. The van der Waals surface area contributed by atoms with E-state index in [0.717, 1.165) is 43.0 Å². The van der Waals surface area contributed by atoms with Crippen LogP contribution in [0, 0.1) is 12.8 Å². The van der Waals surface area contributed by atoms with E-state index in [4.69, 9.17) is 5.10 Å². The molecular formula is C22H25N3O. The van der Waals surface area contributed by atoms with E-state index in [9.17, 15) is 5.11 Å². The van der Waals surface area contributed by atoms with Crippen molar-refractivity contribution in [1.29, 1.82) is 0 Å². The summed E-state index contributed by atoms with van der Waals surface area (Å²) in [7, 11) is 0. The number of hydrogen-bond donors (Lipinski definition) is 1. The van der Waals surface area contributed by atoms with Gasteiger partial charge in [-0.25, -0.2) is 4.68 Å². The zero-order valence-corrected chi connectivity index (χ0v) is 15.2. The summed E-state index contributed by atoms with van der Waals surface area (Å²) in [4.78, 5) is 2.42. The van der Waals surface area contributed by atoms with Crippen molar-refractivity contribution in [3.05, 3.63) is 71.9 Å². The third-order valence-electron chi connectivity index (χ3n) is 5.16. The first-order valence-electron chi connectivity index (χ1n) is 9.27. The van der Waals surface area contributed by atoms with Gasteiger partial charge in [-0.1, -0.05) is 48.0 Å². The third-order valence-corrected chi connectivity index (χ3v) is 5.16. The maximum atomic E-state index is 9.42. The van der Waals surface area contributed by atoms with Crippen molar-refractivity contribution in [3.8, 4) is 16.9 Å². The van der Waals surface area contributed by atoms with Gasteiger partial charge in [-0.2, -0.15) is 5.10 Å². The van der Waals surface area contributed by atoms with Crippen LogP contribution in [0.3, 0.4) is 0 Å². The molecule has 0 amide bonds. The molecule has 134 valence electrons. The van der Waals surface area contributed by atoms with Gasteiger partial charge in [0.1, 0.15) is 0 Å². The second-order valence-corrected chi connectivity index (χ2v) is 7.22. The molecule has 1 saturated heterocycles. The number of nitrogens with zero attached hydrogens (tertiary/aromatic N) is 3. The first-order chi connectivity index (χ1) is 12.7. The molecule has 2 aromatic carbocycles. The molecule has 1 aliphatic rings. The molecular weight excluding hydrogens is 322 g/mol. The van der Waals surface area contributed by atoms with Crippen molar-refractivity contribution in [3.63, 3.8) is 0 Å². The average molecular weight is 347 g/mol. The van der Waals surface area contributed by atoms with Gasteiger partial charge < -0.3 is 5.11 Å². The zero-order chi connectivity index (χ0) is 17.9. The van der Waals surface area contributed by atoms with Crippen molar-refractivity contribution in [2.75, 3.05) is 19.7 Å². The highest BCUT2D eigenvalue weighted by Crippen LogP contribution is 2.27. The van der Waals surface area contributed by atoms with Crippen molar-refractivity contribution < 1.29 is 5.11 Å². The van der Waals surface area contributed by atoms with Crippen LogP contribution in [0.1, 0.15) is 17.5 Å². The van der Waals surface area contributed by atoms with Crippen LogP contribution in [0.4, 0.5) is 0 Å². The van der Waals surface area contributed by atoms with Crippen LogP contribution < -0.4 is 0 Å². The number of aryl methyl sites for hydroxylation is 1. The summed E-state index contributed by atoms with van der Waals surface area (Å²) in [5.74, 6) is 0.405. The van der Waals surface area contributed by atoms with Gasteiger partial charge in [-0.15, -0.1) is 0 Å². The molecule has 0 radical (unpaired) electrons. The standard InChI is InChI=1S/C22H25N3O/c1-17-7-9-19(10-8-17)22-20(14-24-12-11-18(13-24)16-26)15-25(23-22)21-5-3-2-4-6-21/h2-10,15,18,26H,11-14,16H2,1H3. The number of rotatable bonds is 5. The summed E-state index contributed by atoms with van der Waals surface area (Å²) in [6.07, 6.45) is 3.22. The van der Waals surface area contributed by atoms with E-state index in [1.165, 1.54) is 11.1 Å². The summed E-state index contributed by atoms with van der Waals surface area (Å²) in [5.41, 5.74) is 5.75. The Morgan fingerprint density at radius 3 is 2.54 bits per heavy atom. The van der Waals surface area contributed by atoms with Crippen molar-refractivity contribution >= 4 is 0 Å². The summed E-state index contributed by atoms with van der Waals surface area (Å²) in [6, 6.07) is 18.8. The summed E-state index contributed by atoms with van der Waals surface area (Å²) in [6.45, 7) is 5.25. The molecule has 2 heterocycles. The van der Waals surface area contributed by atoms with Gasteiger partial charge in [0.2, 0.25) is 0 Å². The number of aliphatic hydroxyl groups excluding tert-OH is 1. The van der Waals surface area contributed by atoms with Gasteiger partial charge in [-0.05, 0) is 37.9 Å². The number of likely N-dealkylation sites (tertiary alicyclic amines) is 1. The van der Waals surface area contributed by atoms with E-state index in [1.54, 1.807) is 0 Å². The molecule has 0 saturated carbocycles. The van der Waals surface area contributed by atoms with Gasteiger partial charge in [0.25, 0.3) is 0 Å². The maximum absolute atomic E-state index is 9.42. The van der Waals surface area contributed by atoms with Gasteiger partial charge in [-0.3, -0.25) is 4.90 Å². The number of hydrogen-bond acceptors (Lipinski definition) is 3. The quantitative estimate of drug-likeness (QED) is 0.766. The van der Waals surface area contributed by atoms with Crippen molar-refractivity contribution in [2.24, 2.45) is 5.92 Å². The van der Waals surface area contributed by atoms with Crippen LogP contribution in [0.5, 0.6) is 0 Å². The number of benzene rings is 2. The number of para-hydroxylation sites is 1. The molecule has 4 nitrogen and oxygen atoms in total. The Balaban J connectivity index is 1.68. The van der Waals surface area contributed by atoms with E-state index in [1.807, 2.05) is 22.9 Å². The van der Waals surface area contributed by atoms with Gasteiger partial charge in [0.05, 0.1) is 11.4 Å². The Morgan fingerprint density at radius 1 is 1.08 bits per heavy atom. The van der Waals surface area contributed by atoms with E-state index >= 15 is 0 Å². The maximum Gasteiger partial charge on any atom is 0.0972 e. The lowest BCUT2D eigenvalue weighted by Gasteiger charge is -2.15. The van der Waals surface area contributed by atoms with Crippen LogP contribution in [0.2, 0.25) is 0 Å². The van der Waals surface area contributed by atoms with E-state index < -0.39 is 0 Å². The van der Waals surface area contributed by atoms with Gasteiger partial charge in [0, 0.05) is 37.0 Å². The van der Waals surface area contributed by atoms with Crippen molar-refractivity contribution in [1.82, 2.24) is 14.7 Å². The van der Waals surface area contributed by atoms with E-state index in [-0.39, 0.29) is 6.61 Å². The second-order valence-electron chi connectivity index (χ2n) is 7.22. The molecule has 0 spiro atoms. The molecule has 1 atom stereocenters. The lowest BCUT2D eigenvalue weighted by atomic mass is 10.1. The smallest absolute Gasteiger partial charge is 0.0972 e. The normalized spacial score (nSPS) is 17.7. The molecule has 26 heavy (non-hydrogen) atoms. The third kappa shape index (κ3) is 3.57. The lowest BCUT2D eigenvalue weighted by molar-refractivity contribution is 0.220. The van der Waals surface area contributed by atoms with Crippen LogP contribution in [-0.4, -0.2) is 39.5 Å². The first kappa shape index (κ1) is 17.0. The van der Waals surface area contributed by atoms with Gasteiger partial charge in [0.15, 0.2) is 0 Å². The first-order valence-corrected chi connectivity index (χ1v) is 9.27. The molecule has 1 unspecified atom stereocenters. The average Bonchev–Trinajstić information content (AvgIpc) is 3.30. The fraction of sp³-hybridized carbons (Fsp3) is 0.318. The second kappa shape index (κ2) is 7.44. The molecule has 1 aromatic heterocycles. The minimum atomic E-state index is 0.282. The minimum Gasteiger partial charge on any atom is -0.396 e. The van der Waals surface area contributed by atoms with E-state index in [0.29, 0.717) is 5.92 Å². The Morgan fingerprint density at radius 2 is 1.85 bits per heavy atom. The highest BCUT2D eigenvalue weighted by atomic mass is 16.3. The minimum absolute atomic E-state index is 0.282. The molecule has 1 aliphatic heterocycles. The topological polar surface area (TPSA) is 41.3 Å². The summed E-state index contributed by atoms with van der Waals surface area (Å²) >= 11 is 0. The summed E-state index contributed by atoms with van der Waals surface area (Å²) in [5, 5.41) is 14.3. The zero-order valence-electron chi connectivity index (χ0n) is 15.2. The summed E-state index contributed by atoms with van der Waals surface area (Å²) < 4.78 is 1.98. The Labute approximate surface area is 154 Å². The van der Waals surface area contributed by atoms with Crippen LogP contribution in [-0.2, 0) is 6.54 Å². The number of aromatic nitrogens is 2. The molecule has 1 N–H and O–H groups in total. The molecule has 1 fully saturated rings. The molecule has 4 heteroatoms. The Hall–Kier alpha value is -2.43. The lowest BCUT2D eigenvalue weighted by Crippen LogP contribution is -2.21. The fourth-order valence-electron chi connectivity index (χ4n) is 3.64. The largest absolute Gasteiger partial charge is 0.396 e. The van der Waals surface area contributed by atoms with Crippen molar-refractivity contribution in [2.45, 2.75) is 19.9 Å². The Kier molecular flexibility index (Phi) is 4.87. The molecule has 4 rings (SSSR count).